The first-order valence-corrected chi connectivity index (χ1v) is 13.4. The van der Waals surface area contributed by atoms with Gasteiger partial charge in [-0.25, -0.2) is 27.1 Å². The molecule has 0 bridgehead atoms. The Morgan fingerprint density at radius 3 is 2.22 bits per heavy atom. The average Bonchev–Trinajstić information content (AvgIpc) is 2.86. The molecule has 10 nitrogen and oxygen atoms in total. The van der Waals surface area contributed by atoms with Crippen LogP contribution in [0.1, 0.15) is 21.5 Å². The third kappa shape index (κ3) is 8.81. The van der Waals surface area contributed by atoms with Crippen molar-refractivity contribution in [2.75, 3.05) is 23.7 Å². The van der Waals surface area contributed by atoms with E-state index in [1.54, 1.807) is 13.0 Å². The van der Waals surface area contributed by atoms with Crippen molar-refractivity contribution in [3.05, 3.63) is 88.2 Å². The van der Waals surface area contributed by atoms with Crippen LogP contribution >= 0.6 is 11.6 Å². The van der Waals surface area contributed by atoms with E-state index < -0.39 is 50.6 Å². The number of aryl methyl sites for hydroxylation is 1. The third-order valence-corrected chi connectivity index (χ3v) is 6.88. The van der Waals surface area contributed by atoms with Crippen LogP contribution in [0.25, 0.3) is 0 Å². The maximum atomic E-state index is 14.5. The predicted molar refractivity (Wildman–Crippen MR) is 143 cm³/mol. The molecule has 41 heavy (non-hydrogen) atoms. The number of rotatable bonds is 8. The molecule has 0 unspecified atom stereocenters. The van der Waals surface area contributed by atoms with Gasteiger partial charge in [0.05, 0.1) is 21.2 Å². The smallest absolute Gasteiger partial charge is 0.350 e. The van der Waals surface area contributed by atoms with Crippen molar-refractivity contribution in [3.63, 3.8) is 0 Å². The molecule has 0 saturated heterocycles. The number of sulfonamides is 1. The van der Waals surface area contributed by atoms with Gasteiger partial charge in [-0.05, 0) is 61.0 Å². The Morgan fingerprint density at radius 2 is 1.59 bits per heavy atom. The molecule has 3 aromatic rings. The van der Waals surface area contributed by atoms with Crippen LogP contribution in [0.15, 0.2) is 65.6 Å². The van der Waals surface area contributed by atoms with Gasteiger partial charge < -0.3 is 21.3 Å². The van der Waals surface area contributed by atoms with Crippen molar-refractivity contribution in [3.8, 4) is 0 Å². The summed E-state index contributed by atoms with van der Waals surface area (Å²) in [6.45, 7) is 1.41. The molecular weight excluding hydrogens is 594 g/mol. The van der Waals surface area contributed by atoms with Crippen molar-refractivity contribution in [2.45, 2.75) is 18.0 Å². The van der Waals surface area contributed by atoms with Crippen molar-refractivity contribution in [1.82, 2.24) is 15.4 Å². The second-order valence-electron chi connectivity index (χ2n) is 8.40. The number of halogens is 5. The van der Waals surface area contributed by atoms with E-state index >= 15 is 0 Å². The Morgan fingerprint density at radius 1 is 0.878 bits per heavy atom. The van der Waals surface area contributed by atoms with E-state index in [-0.39, 0.29) is 34.9 Å². The lowest BCUT2D eigenvalue weighted by atomic mass is 10.2. The molecule has 0 aromatic heterocycles. The van der Waals surface area contributed by atoms with E-state index in [0.717, 1.165) is 24.3 Å². The molecular formula is C25H22ClF4N5O5S. The van der Waals surface area contributed by atoms with Crippen LogP contribution in [0.5, 0.6) is 0 Å². The maximum Gasteiger partial charge on any atom is 0.417 e. The Balaban J connectivity index is 1.47. The summed E-state index contributed by atoms with van der Waals surface area (Å²) in [6.07, 6.45) is -4.68. The Kier molecular flexibility index (Phi) is 9.78. The van der Waals surface area contributed by atoms with Gasteiger partial charge in [0, 0.05) is 24.3 Å². The Hall–Kier alpha value is -4.37. The fourth-order valence-corrected chi connectivity index (χ4v) is 4.64. The lowest BCUT2D eigenvalue weighted by molar-refractivity contribution is -0.137. The number of hydrogen-bond acceptors (Lipinski definition) is 5. The standard InChI is InChI=1S/C25H22ClF4N5O5S/c1-14-3-2-4-17(11-14)41(39,40)35-23(37)32-10-9-31-22(36)15-5-8-21(20(27)12-15)34-24(38)33-16-6-7-18(19(26)13-16)25(28,29)30/h2-8,11-13H,9-10H2,1H3,(H,31,36)(H2,32,35,37)(H2,33,34,38). The quantitative estimate of drug-likeness (QED) is 0.181. The zero-order chi connectivity index (χ0) is 30.4. The number of nitrogens with one attached hydrogen (secondary N) is 5. The van der Waals surface area contributed by atoms with Gasteiger partial charge in [-0.2, -0.15) is 13.2 Å². The molecule has 5 N–H and O–H groups in total. The number of anilines is 2. The number of benzene rings is 3. The summed E-state index contributed by atoms with van der Waals surface area (Å²) in [7, 11) is -4.10. The van der Waals surface area contributed by atoms with Crippen LogP contribution in [-0.4, -0.2) is 39.5 Å². The molecule has 3 aromatic carbocycles. The molecule has 0 aliphatic heterocycles. The summed E-state index contributed by atoms with van der Waals surface area (Å²) in [5.74, 6) is -1.72. The summed E-state index contributed by atoms with van der Waals surface area (Å²) in [6, 6.07) is 9.58. The van der Waals surface area contributed by atoms with Gasteiger partial charge in [-0.1, -0.05) is 23.7 Å². The normalized spacial score (nSPS) is 11.4. The highest BCUT2D eigenvalue weighted by Crippen LogP contribution is 2.35. The largest absolute Gasteiger partial charge is 0.417 e. The van der Waals surface area contributed by atoms with Crippen LogP contribution in [0, 0.1) is 12.7 Å². The van der Waals surface area contributed by atoms with Crippen LogP contribution in [0.4, 0.5) is 38.5 Å². The molecule has 0 saturated carbocycles. The van der Waals surface area contributed by atoms with E-state index in [1.165, 1.54) is 24.3 Å². The minimum absolute atomic E-state index is 0.0769. The lowest BCUT2D eigenvalue weighted by Gasteiger charge is -2.12. The summed E-state index contributed by atoms with van der Waals surface area (Å²) in [5, 5.41) is 8.42. The topological polar surface area (TPSA) is 146 Å². The molecule has 16 heteroatoms. The van der Waals surface area contributed by atoms with E-state index in [0.29, 0.717) is 11.6 Å². The van der Waals surface area contributed by atoms with Gasteiger partial charge in [0.1, 0.15) is 5.82 Å². The predicted octanol–water partition coefficient (Wildman–Crippen LogP) is 4.87. The third-order valence-electron chi connectivity index (χ3n) is 5.23. The molecule has 0 heterocycles. The fraction of sp³-hybridized carbons (Fsp3) is 0.160. The van der Waals surface area contributed by atoms with Crippen molar-refractivity contribution in [1.29, 1.82) is 0 Å². The first-order valence-electron chi connectivity index (χ1n) is 11.6. The van der Waals surface area contributed by atoms with Gasteiger partial charge in [0.2, 0.25) is 0 Å². The van der Waals surface area contributed by atoms with Crippen molar-refractivity contribution < 1.29 is 40.4 Å². The lowest BCUT2D eigenvalue weighted by Crippen LogP contribution is -2.42. The highest BCUT2D eigenvalue weighted by Gasteiger charge is 2.33. The number of alkyl halides is 3. The average molecular weight is 616 g/mol. The second kappa shape index (κ2) is 12.9. The summed E-state index contributed by atoms with van der Waals surface area (Å²) < 4.78 is 79.2. The number of hydrogen-bond donors (Lipinski definition) is 5. The molecule has 0 spiro atoms. The molecule has 0 fully saturated rings. The SMILES string of the molecule is Cc1cccc(S(=O)(=O)NC(=O)NCCNC(=O)c2ccc(NC(=O)Nc3ccc(C(F)(F)F)c(Cl)c3)c(F)c2)c1. The number of carbonyl (C=O) groups excluding carboxylic acids is 3. The Bertz CT molecular complexity index is 1580. The van der Waals surface area contributed by atoms with Gasteiger partial charge in [0.25, 0.3) is 15.9 Å². The molecule has 0 aliphatic carbocycles. The van der Waals surface area contributed by atoms with E-state index in [1.807, 2.05) is 4.72 Å². The van der Waals surface area contributed by atoms with Crippen LogP contribution in [0.3, 0.4) is 0 Å². The Labute approximate surface area is 236 Å². The van der Waals surface area contributed by atoms with Gasteiger partial charge in [-0.15, -0.1) is 0 Å². The molecule has 0 atom stereocenters. The minimum Gasteiger partial charge on any atom is -0.350 e. The highest BCUT2D eigenvalue weighted by molar-refractivity contribution is 7.90. The van der Waals surface area contributed by atoms with Crippen molar-refractivity contribution >= 4 is 51.0 Å². The van der Waals surface area contributed by atoms with Crippen molar-refractivity contribution in [2.24, 2.45) is 0 Å². The van der Waals surface area contributed by atoms with Gasteiger partial charge >= 0.3 is 18.2 Å². The summed E-state index contributed by atoms with van der Waals surface area (Å²) in [5.41, 5.74) is -0.940. The van der Waals surface area contributed by atoms with E-state index in [4.69, 9.17) is 11.6 Å². The molecule has 5 amide bonds. The monoisotopic (exact) mass is 615 g/mol. The van der Waals surface area contributed by atoms with Crippen LogP contribution < -0.4 is 26.0 Å². The number of amides is 5. The molecule has 0 radical (unpaired) electrons. The second-order valence-corrected chi connectivity index (χ2v) is 10.5. The molecule has 0 aliphatic rings. The maximum absolute atomic E-state index is 14.5. The molecule has 3 rings (SSSR count). The number of carbonyl (C=O) groups is 3. The first kappa shape index (κ1) is 31.2. The highest BCUT2D eigenvalue weighted by atomic mass is 35.5. The van der Waals surface area contributed by atoms with Crippen LogP contribution in [-0.2, 0) is 16.2 Å². The van der Waals surface area contributed by atoms with Gasteiger partial charge in [0.15, 0.2) is 0 Å². The minimum atomic E-state index is -4.68. The molecule has 218 valence electrons. The van der Waals surface area contributed by atoms with E-state index in [9.17, 15) is 40.4 Å². The zero-order valence-electron chi connectivity index (χ0n) is 21.0. The number of urea groups is 2. The summed E-state index contributed by atoms with van der Waals surface area (Å²) >= 11 is 5.61. The van der Waals surface area contributed by atoms with Gasteiger partial charge in [-0.3, -0.25) is 4.79 Å². The zero-order valence-corrected chi connectivity index (χ0v) is 22.6. The fourth-order valence-electron chi connectivity index (χ4n) is 3.32. The summed E-state index contributed by atoms with van der Waals surface area (Å²) in [4.78, 5) is 36.3. The van der Waals surface area contributed by atoms with Crippen LogP contribution in [0.2, 0.25) is 5.02 Å². The van der Waals surface area contributed by atoms with E-state index in [2.05, 4.69) is 21.3 Å². The first-order chi connectivity index (χ1) is 19.2.